The van der Waals surface area contributed by atoms with Crippen molar-refractivity contribution >= 4 is 0 Å². The maximum absolute atomic E-state index is 13.5. The second-order valence-electron chi connectivity index (χ2n) is 17.8. The van der Waals surface area contributed by atoms with Gasteiger partial charge in [0.05, 0.1) is 17.3 Å². The van der Waals surface area contributed by atoms with Crippen LogP contribution in [0.3, 0.4) is 0 Å². The van der Waals surface area contributed by atoms with Gasteiger partial charge < -0.3 is 45.1 Å². The minimum Gasteiger partial charge on any atom is -0.385 e. The summed E-state index contributed by atoms with van der Waals surface area (Å²) in [4.78, 5) is 0. The van der Waals surface area contributed by atoms with E-state index in [-0.39, 0.29) is 11.9 Å². The first-order chi connectivity index (χ1) is 30.7. The van der Waals surface area contributed by atoms with Crippen LogP contribution in [-0.4, -0.2) is 96.2 Å². The van der Waals surface area contributed by atoms with Gasteiger partial charge in [-0.25, -0.2) is 4.39 Å². The van der Waals surface area contributed by atoms with Crippen LogP contribution in [-0.2, 0) is 30.1 Å². The second kappa shape index (κ2) is 30.4. The first-order valence-electron chi connectivity index (χ1n) is 24.5. The highest BCUT2D eigenvalue weighted by molar-refractivity contribution is 5.29. The van der Waals surface area contributed by atoms with Crippen molar-refractivity contribution in [2.24, 2.45) is 17.8 Å². The number of hydrogen-bond donors (Lipinski definition) is 5. The van der Waals surface area contributed by atoms with Gasteiger partial charge in [0.25, 0.3) is 0 Å². The van der Waals surface area contributed by atoms with Crippen LogP contribution in [0.15, 0.2) is 78.9 Å². The van der Waals surface area contributed by atoms with Gasteiger partial charge in [0.15, 0.2) is 0 Å². The fourth-order valence-electron chi connectivity index (χ4n) is 9.55. The minimum absolute atomic E-state index is 0.0323. The summed E-state index contributed by atoms with van der Waals surface area (Å²) in [6.45, 7) is 16.5. The van der Waals surface area contributed by atoms with E-state index < -0.39 is 11.2 Å². The summed E-state index contributed by atoms with van der Waals surface area (Å²) in [5, 5.41) is 33.1. The average molecular weight is 878 g/mol. The summed E-state index contributed by atoms with van der Waals surface area (Å²) in [6.07, 6.45) is 13.3. The van der Waals surface area contributed by atoms with Crippen molar-refractivity contribution in [1.29, 1.82) is 0 Å². The number of aryl methyl sites for hydroxylation is 1. The summed E-state index contributed by atoms with van der Waals surface area (Å²) in [6, 6.07) is 25.4. The number of hydrogen-bond acceptors (Lipinski definition) is 9. The van der Waals surface area contributed by atoms with Gasteiger partial charge in [-0.3, -0.25) is 0 Å². The lowest BCUT2D eigenvalue weighted by molar-refractivity contribution is -0.0438. The molecule has 0 radical (unpaired) electrons. The number of aliphatic hydroxyl groups is 2. The first-order valence-corrected chi connectivity index (χ1v) is 24.5. The van der Waals surface area contributed by atoms with Gasteiger partial charge in [0.1, 0.15) is 5.82 Å². The van der Waals surface area contributed by atoms with Crippen LogP contribution in [0.4, 0.5) is 4.39 Å². The number of benzene rings is 3. The minimum atomic E-state index is -0.715. The van der Waals surface area contributed by atoms with Crippen molar-refractivity contribution < 1.29 is 33.6 Å². The smallest absolute Gasteiger partial charge is 0.123 e. The average Bonchev–Trinajstić information content (AvgIpc) is 3.33. The lowest BCUT2D eigenvalue weighted by Gasteiger charge is -2.39. The lowest BCUT2D eigenvalue weighted by atomic mass is 9.74. The predicted octanol–water partition coefficient (Wildman–Crippen LogP) is 9.39. The Hall–Kier alpha value is -2.77. The van der Waals surface area contributed by atoms with Gasteiger partial charge in [0.2, 0.25) is 0 Å². The Labute approximate surface area is 380 Å². The Morgan fingerprint density at radius 1 is 0.635 bits per heavy atom. The van der Waals surface area contributed by atoms with Crippen molar-refractivity contribution in [3.8, 4) is 0 Å². The van der Waals surface area contributed by atoms with Crippen LogP contribution in [0.5, 0.6) is 0 Å². The van der Waals surface area contributed by atoms with Gasteiger partial charge in [0, 0.05) is 84.1 Å². The van der Waals surface area contributed by atoms with E-state index in [0.29, 0.717) is 24.4 Å². The Morgan fingerprint density at radius 3 is 1.76 bits per heavy atom. The van der Waals surface area contributed by atoms with E-state index in [2.05, 4.69) is 59.3 Å². The number of rotatable bonds is 23. The standard InChI is InChI=1S/2C18H29NO2.C17H26FNO2/c1-15-7-5-8-16(13-15)18(20,10-3-4-12-21-2)17-9-6-11-19-14-17;1-2-21-14-7-6-12-18(20,16-9-4-3-5-10-16)17-11-8-13-19-15-17;1-2-20-10-5-11-21-17(15-7-4-9-19-13-15)14-6-3-8-16(18)12-14/h5,7-8,13,17,19-20H,3-4,6,9-12,14H2,1-2H3;3-5,9-10,17,19-20H,2,6-8,11-15H2,1H3;3,6,8,12,15,17,19H,2,4-5,7,9-11,13H2,1H3/t2*17-,18-;15-,17+/m111/s1. The molecule has 0 aliphatic carbocycles. The van der Waals surface area contributed by atoms with E-state index in [1.54, 1.807) is 19.2 Å². The number of unbranched alkanes of at least 4 members (excludes halogenated alkanes) is 2. The van der Waals surface area contributed by atoms with Crippen molar-refractivity contribution in [1.82, 2.24) is 16.0 Å². The summed E-state index contributed by atoms with van der Waals surface area (Å²) in [7, 11) is 1.73. The Bertz CT molecular complexity index is 1600. The number of halogens is 1. The van der Waals surface area contributed by atoms with Gasteiger partial charge in [-0.05, 0) is 153 Å². The van der Waals surface area contributed by atoms with E-state index in [1.807, 2.05) is 38.1 Å². The molecule has 3 aromatic rings. The third-order valence-corrected chi connectivity index (χ3v) is 13.1. The number of piperidine rings is 3. The fraction of sp³-hybridized carbons (Fsp3) is 0.660. The molecule has 0 spiro atoms. The molecule has 3 heterocycles. The summed E-state index contributed by atoms with van der Waals surface area (Å²) in [5.74, 6) is 0.822. The molecule has 0 aromatic heterocycles. The fourth-order valence-corrected chi connectivity index (χ4v) is 9.55. The van der Waals surface area contributed by atoms with Gasteiger partial charge in [-0.1, -0.05) is 72.3 Å². The molecular weight excluding hydrogens is 794 g/mol. The molecule has 63 heavy (non-hydrogen) atoms. The number of ether oxygens (including phenoxy) is 4. The lowest BCUT2D eigenvalue weighted by Crippen LogP contribution is -2.44. The first kappa shape index (κ1) is 52.9. The molecule has 0 unspecified atom stereocenters. The topological polar surface area (TPSA) is 113 Å². The Morgan fingerprint density at radius 2 is 1.21 bits per heavy atom. The second-order valence-corrected chi connectivity index (χ2v) is 17.8. The van der Waals surface area contributed by atoms with Crippen LogP contribution in [0, 0.1) is 30.5 Å². The molecular formula is C53H84FN3O6. The van der Waals surface area contributed by atoms with Crippen LogP contribution in [0.1, 0.15) is 126 Å². The quantitative estimate of drug-likeness (QED) is 0.0595. The molecule has 6 atom stereocenters. The van der Waals surface area contributed by atoms with Gasteiger partial charge in [-0.2, -0.15) is 0 Å². The number of methoxy groups -OCH3 is 1. The summed E-state index contributed by atoms with van der Waals surface area (Å²) in [5.41, 5.74) is 2.88. The van der Waals surface area contributed by atoms with Crippen molar-refractivity contribution in [3.05, 3.63) is 107 Å². The molecule has 0 saturated carbocycles. The van der Waals surface area contributed by atoms with Crippen molar-refractivity contribution in [2.75, 3.05) is 86.0 Å². The Kier molecular flexibility index (Phi) is 25.5. The predicted molar refractivity (Wildman–Crippen MR) is 254 cm³/mol. The molecule has 9 nitrogen and oxygen atoms in total. The maximum atomic E-state index is 13.5. The normalized spacial score (nSPS) is 21.4. The monoisotopic (exact) mass is 878 g/mol. The third-order valence-electron chi connectivity index (χ3n) is 13.1. The van der Waals surface area contributed by atoms with Crippen LogP contribution >= 0.6 is 0 Å². The molecule has 3 aromatic carbocycles. The summed E-state index contributed by atoms with van der Waals surface area (Å²) < 4.78 is 35.4. The SMILES string of the molecule is CCOCCCC[C@@](O)(c1ccccc1)[C@@H]1CCCNC1.CCOCCCO[C@@H](c1cccc(F)c1)[C@@H]1CCCNC1.COCCCC[C@@](O)(c1cccc(C)c1)[C@@H]1CCCNC1. The van der Waals surface area contributed by atoms with Gasteiger partial charge in [-0.15, -0.1) is 0 Å². The molecule has 5 N–H and O–H groups in total. The van der Waals surface area contributed by atoms with Crippen molar-refractivity contribution in [2.45, 2.75) is 122 Å². The van der Waals surface area contributed by atoms with E-state index in [1.165, 1.54) is 11.6 Å². The molecule has 6 rings (SSSR count). The maximum Gasteiger partial charge on any atom is 0.123 e. The van der Waals surface area contributed by atoms with Gasteiger partial charge >= 0.3 is 0 Å². The molecule has 3 saturated heterocycles. The molecule has 3 aliphatic heterocycles. The van der Waals surface area contributed by atoms with E-state index in [9.17, 15) is 14.6 Å². The molecule has 0 bridgehead atoms. The largest absolute Gasteiger partial charge is 0.385 e. The molecule has 3 fully saturated rings. The van der Waals surface area contributed by atoms with Crippen LogP contribution in [0.2, 0.25) is 0 Å². The zero-order valence-corrected chi connectivity index (χ0v) is 39.4. The molecule has 354 valence electrons. The highest BCUT2D eigenvalue weighted by Crippen LogP contribution is 2.40. The van der Waals surface area contributed by atoms with Crippen LogP contribution in [0.25, 0.3) is 0 Å². The van der Waals surface area contributed by atoms with E-state index in [4.69, 9.17) is 18.9 Å². The zero-order chi connectivity index (χ0) is 45.0. The number of nitrogens with one attached hydrogen (secondary N) is 3. The molecule has 10 heteroatoms. The summed E-state index contributed by atoms with van der Waals surface area (Å²) >= 11 is 0. The van der Waals surface area contributed by atoms with E-state index in [0.717, 1.165) is 172 Å². The zero-order valence-electron chi connectivity index (χ0n) is 39.4. The highest BCUT2D eigenvalue weighted by atomic mass is 19.1. The Balaban J connectivity index is 0.000000207. The molecule has 0 amide bonds. The molecule has 3 aliphatic rings. The third kappa shape index (κ3) is 18.2. The van der Waals surface area contributed by atoms with Crippen LogP contribution < -0.4 is 16.0 Å². The highest BCUT2D eigenvalue weighted by Gasteiger charge is 2.39. The van der Waals surface area contributed by atoms with E-state index >= 15 is 0 Å². The van der Waals surface area contributed by atoms with Crippen molar-refractivity contribution in [3.63, 3.8) is 0 Å².